The maximum absolute atomic E-state index is 12.4. The summed E-state index contributed by atoms with van der Waals surface area (Å²) >= 11 is 0. The Morgan fingerprint density at radius 1 is 1.16 bits per heavy atom. The van der Waals surface area contributed by atoms with Crippen LogP contribution >= 0.6 is 0 Å². The SMILES string of the molecule is CN(C)c1ccc(/C=C/C=C=CC2OC3Cc4cccc(S(C)(=O)=O)c4N3C2(C)C)cc1. The van der Waals surface area contributed by atoms with Gasteiger partial charge in [0.1, 0.15) is 12.3 Å². The first-order valence-corrected chi connectivity index (χ1v) is 12.6. The molecule has 0 aromatic heterocycles. The monoisotopic (exact) mass is 450 g/mol. The molecule has 2 aliphatic heterocycles. The molecule has 1 fully saturated rings. The highest BCUT2D eigenvalue weighted by Crippen LogP contribution is 2.48. The molecule has 5 nitrogen and oxygen atoms in total. The molecule has 2 aromatic carbocycles. The first-order valence-electron chi connectivity index (χ1n) is 10.7. The molecule has 2 aromatic rings. The molecule has 2 aliphatic rings. The van der Waals surface area contributed by atoms with Crippen LogP contribution in [0, 0.1) is 0 Å². The molecular formula is C26H30N2O3S. The fourth-order valence-corrected chi connectivity index (χ4v) is 5.36. The zero-order valence-electron chi connectivity index (χ0n) is 19.2. The standard InChI is InChI=1S/C26H30N2O3S/c1-26(2)23(13-8-6-7-10-19-14-16-21(17-15-19)27(3)4)31-24-18-20-11-9-12-22(32(5,29)30)25(20)28(24)26/h6-7,9-17,23-24H,18H2,1-5H3/b10-7+. The Hall–Kier alpha value is -2.79. The molecule has 4 rings (SSSR count). The van der Waals surface area contributed by atoms with Crippen molar-refractivity contribution in [1.82, 2.24) is 0 Å². The maximum atomic E-state index is 12.4. The lowest BCUT2D eigenvalue weighted by atomic mass is 9.95. The summed E-state index contributed by atoms with van der Waals surface area (Å²) < 4.78 is 31.1. The number of para-hydroxylation sites is 1. The third kappa shape index (κ3) is 4.14. The minimum atomic E-state index is -3.33. The van der Waals surface area contributed by atoms with E-state index in [1.807, 2.05) is 50.5 Å². The van der Waals surface area contributed by atoms with Crippen LogP contribution in [-0.4, -0.2) is 46.6 Å². The van der Waals surface area contributed by atoms with Crippen molar-refractivity contribution in [2.24, 2.45) is 0 Å². The summed E-state index contributed by atoms with van der Waals surface area (Å²) in [4.78, 5) is 4.57. The number of nitrogens with zero attached hydrogens (tertiary/aromatic N) is 2. The van der Waals surface area contributed by atoms with Crippen LogP contribution in [-0.2, 0) is 21.0 Å². The van der Waals surface area contributed by atoms with Gasteiger partial charge in [-0.1, -0.05) is 36.4 Å². The number of anilines is 2. The fourth-order valence-electron chi connectivity index (χ4n) is 4.45. The molecule has 2 heterocycles. The molecule has 2 unspecified atom stereocenters. The number of sulfone groups is 1. The quantitative estimate of drug-likeness (QED) is 0.498. The lowest BCUT2D eigenvalue weighted by Gasteiger charge is -2.34. The average Bonchev–Trinajstić information content (AvgIpc) is 3.21. The van der Waals surface area contributed by atoms with Crippen molar-refractivity contribution in [3.05, 3.63) is 77.6 Å². The number of hydrogen-bond donors (Lipinski definition) is 0. The van der Waals surface area contributed by atoms with E-state index in [1.165, 1.54) is 11.9 Å². The highest BCUT2D eigenvalue weighted by atomic mass is 32.2. The molecule has 0 bridgehead atoms. The number of hydrogen-bond acceptors (Lipinski definition) is 5. The number of allylic oxidation sites excluding steroid dienone is 1. The molecular weight excluding hydrogens is 420 g/mol. The Labute approximate surface area is 191 Å². The molecule has 0 spiro atoms. The van der Waals surface area contributed by atoms with Crippen molar-refractivity contribution in [1.29, 1.82) is 0 Å². The van der Waals surface area contributed by atoms with Crippen LogP contribution in [0.15, 0.2) is 71.3 Å². The maximum Gasteiger partial charge on any atom is 0.177 e. The van der Waals surface area contributed by atoms with Gasteiger partial charge in [-0.05, 0) is 55.3 Å². The average molecular weight is 451 g/mol. The van der Waals surface area contributed by atoms with Crippen LogP contribution in [0.2, 0.25) is 0 Å². The van der Waals surface area contributed by atoms with E-state index in [0.29, 0.717) is 11.3 Å². The van der Waals surface area contributed by atoms with Gasteiger partial charge in [0.2, 0.25) is 0 Å². The molecule has 168 valence electrons. The van der Waals surface area contributed by atoms with Crippen LogP contribution in [0.3, 0.4) is 0 Å². The van der Waals surface area contributed by atoms with Gasteiger partial charge >= 0.3 is 0 Å². The van der Waals surface area contributed by atoms with E-state index in [-0.39, 0.29) is 12.3 Å². The van der Waals surface area contributed by atoms with Crippen LogP contribution in [0.25, 0.3) is 6.08 Å². The molecule has 1 saturated heterocycles. The van der Waals surface area contributed by atoms with Crippen molar-refractivity contribution < 1.29 is 13.2 Å². The Morgan fingerprint density at radius 3 is 2.53 bits per heavy atom. The van der Waals surface area contributed by atoms with E-state index in [9.17, 15) is 8.42 Å². The highest BCUT2D eigenvalue weighted by Gasteiger charge is 2.52. The highest BCUT2D eigenvalue weighted by molar-refractivity contribution is 7.90. The van der Waals surface area contributed by atoms with Crippen molar-refractivity contribution in [2.75, 3.05) is 30.2 Å². The van der Waals surface area contributed by atoms with Gasteiger partial charge in [0.25, 0.3) is 0 Å². The predicted molar refractivity (Wildman–Crippen MR) is 131 cm³/mol. The predicted octanol–water partition coefficient (Wildman–Crippen LogP) is 4.45. The zero-order chi connectivity index (χ0) is 23.1. The summed E-state index contributed by atoms with van der Waals surface area (Å²) in [6.07, 6.45) is 9.38. The lowest BCUT2D eigenvalue weighted by molar-refractivity contribution is 0.0649. The Kier molecular flexibility index (Phi) is 5.80. The third-order valence-electron chi connectivity index (χ3n) is 6.16. The Balaban J connectivity index is 1.52. The van der Waals surface area contributed by atoms with E-state index in [0.717, 1.165) is 16.8 Å². The van der Waals surface area contributed by atoms with E-state index < -0.39 is 15.4 Å². The summed E-state index contributed by atoms with van der Waals surface area (Å²) in [6, 6.07) is 13.8. The summed E-state index contributed by atoms with van der Waals surface area (Å²) in [7, 11) is 0.714. The molecule has 0 amide bonds. The molecule has 0 N–H and O–H groups in total. The first-order chi connectivity index (χ1) is 15.1. The van der Waals surface area contributed by atoms with Crippen molar-refractivity contribution in [3.63, 3.8) is 0 Å². The molecule has 2 atom stereocenters. The molecule has 0 radical (unpaired) electrons. The van der Waals surface area contributed by atoms with E-state index in [2.05, 4.69) is 53.6 Å². The largest absolute Gasteiger partial charge is 0.378 e. The molecule has 6 heteroatoms. The first kappa shape index (κ1) is 22.4. The minimum Gasteiger partial charge on any atom is -0.378 e. The molecule has 0 aliphatic carbocycles. The molecule has 0 saturated carbocycles. The minimum absolute atomic E-state index is 0.170. The van der Waals surface area contributed by atoms with Crippen LogP contribution in [0.1, 0.15) is 25.0 Å². The van der Waals surface area contributed by atoms with Gasteiger partial charge in [0, 0.05) is 32.5 Å². The summed E-state index contributed by atoms with van der Waals surface area (Å²) in [5.74, 6) is 0. The Morgan fingerprint density at radius 2 is 1.88 bits per heavy atom. The third-order valence-corrected chi connectivity index (χ3v) is 7.29. The zero-order valence-corrected chi connectivity index (χ0v) is 20.1. The van der Waals surface area contributed by atoms with E-state index >= 15 is 0 Å². The van der Waals surface area contributed by atoms with Gasteiger partial charge < -0.3 is 14.5 Å². The lowest BCUT2D eigenvalue weighted by Crippen LogP contribution is -2.46. The summed E-state index contributed by atoms with van der Waals surface area (Å²) in [5, 5.41) is 0. The van der Waals surface area contributed by atoms with Gasteiger partial charge in [-0.25, -0.2) is 8.42 Å². The fraction of sp³-hybridized carbons (Fsp3) is 0.346. The van der Waals surface area contributed by atoms with Crippen LogP contribution in [0.5, 0.6) is 0 Å². The topological polar surface area (TPSA) is 49.9 Å². The van der Waals surface area contributed by atoms with E-state index in [1.54, 1.807) is 6.07 Å². The number of fused-ring (bicyclic) bond motifs is 3. The second-order valence-electron chi connectivity index (χ2n) is 9.12. The molecule has 32 heavy (non-hydrogen) atoms. The van der Waals surface area contributed by atoms with Gasteiger partial charge in [-0.2, -0.15) is 0 Å². The van der Waals surface area contributed by atoms with E-state index in [4.69, 9.17) is 4.74 Å². The van der Waals surface area contributed by atoms with Crippen molar-refractivity contribution in [2.45, 2.75) is 43.0 Å². The number of benzene rings is 2. The number of ether oxygens (including phenoxy) is 1. The number of rotatable bonds is 5. The van der Waals surface area contributed by atoms with Gasteiger partial charge in [-0.3, -0.25) is 0 Å². The second-order valence-corrected chi connectivity index (χ2v) is 11.1. The second kappa shape index (κ2) is 8.28. The summed E-state index contributed by atoms with van der Waals surface area (Å²) in [5.41, 5.74) is 6.92. The summed E-state index contributed by atoms with van der Waals surface area (Å²) in [6.45, 7) is 4.18. The van der Waals surface area contributed by atoms with Gasteiger partial charge in [-0.15, -0.1) is 5.73 Å². The van der Waals surface area contributed by atoms with Crippen molar-refractivity contribution >= 4 is 27.3 Å². The van der Waals surface area contributed by atoms with Crippen LogP contribution < -0.4 is 9.80 Å². The van der Waals surface area contributed by atoms with Crippen LogP contribution in [0.4, 0.5) is 11.4 Å². The van der Waals surface area contributed by atoms with Gasteiger partial charge in [0.15, 0.2) is 9.84 Å². The Bertz CT molecular complexity index is 1200. The van der Waals surface area contributed by atoms with Gasteiger partial charge in [0.05, 0.1) is 16.1 Å². The normalized spacial score (nSPS) is 21.2. The van der Waals surface area contributed by atoms with Crippen molar-refractivity contribution in [3.8, 4) is 0 Å². The smallest absolute Gasteiger partial charge is 0.177 e.